The molecular formula is C42H46ClN11O7S. The Kier molecular flexibility index (Phi) is 12.3. The molecule has 3 aromatic carbocycles. The number of piperidine rings is 2. The van der Waals surface area contributed by atoms with Gasteiger partial charge >= 0.3 is 0 Å². The first-order chi connectivity index (χ1) is 29.9. The summed E-state index contributed by atoms with van der Waals surface area (Å²) >= 11 is 6.54. The van der Waals surface area contributed by atoms with E-state index in [0.29, 0.717) is 65.1 Å². The molecule has 5 N–H and O–H groups in total. The van der Waals surface area contributed by atoms with E-state index in [1.165, 1.54) is 23.5 Å². The summed E-state index contributed by atoms with van der Waals surface area (Å²) in [6.45, 7) is 5.05. The Morgan fingerprint density at radius 3 is 2.53 bits per heavy atom. The molecule has 18 nitrogen and oxygen atoms in total. The van der Waals surface area contributed by atoms with Gasteiger partial charge in [-0.25, -0.2) is 13.4 Å². The van der Waals surface area contributed by atoms with Crippen molar-refractivity contribution in [2.24, 2.45) is 0 Å². The molecule has 0 aliphatic carbocycles. The summed E-state index contributed by atoms with van der Waals surface area (Å²) in [5.74, 6) is 0.707. The predicted octanol–water partition coefficient (Wildman–Crippen LogP) is 4.90. The minimum Gasteiger partial charge on any atom is -0.494 e. The van der Waals surface area contributed by atoms with Gasteiger partial charge < -0.3 is 35.2 Å². The van der Waals surface area contributed by atoms with E-state index in [1.54, 1.807) is 31.4 Å². The molecule has 5 aromatic rings. The number of hydrogen-bond acceptors (Lipinski definition) is 15. The molecule has 62 heavy (non-hydrogen) atoms. The lowest BCUT2D eigenvalue weighted by Gasteiger charge is -2.35. The molecule has 5 heterocycles. The van der Waals surface area contributed by atoms with E-state index < -0.39 is 22.0 Å². The number of carbonyl (C=O) groups excluding carboxylic acids is 3. The van der Waals surface area contributed by atoms with Gasteiger partial charge in [0.1, 0.15) is 34.7 Å². The summed E-state index contributed by atoms with van der Waals surface area (Å²) in [4.78, 5) is 58.9. The highest BCUT2D eigenvalue weighted by atomic mass is 35.5. The Balaban J connectivity index is 0.880. The maximum absolute atomic E-state index is 13.2. The van der Waals surface area contributed by atoms with Crippen LogP contribution in [0.4, 0.5) is 34.5 Å². The molecule has 3 aliphatic heterocycles. The van der Waals surface area contributed by atoms with Crippen molar-refractivity contribution in [3.63, 3.8) is 0 Å². The summed E-state index contributed by atoms with van der Waals surface area (Å²) < 4.78 is 39.2. The molecule has 2 fully saturated rings. The number of fused-ring (bicyclic) bond motifs is 2. The summed E-state index contributed by atoms with van der Waals surface area (Å²) in [6.07, 6.45) is 8.62. The lowest BCUT2D eigenvalue weighted by atomic mass is 10.0. The van der Waals surface area contributed by atoms with Gasteiger partial charge in [0.15, 0.2) is 5.82 Å². The van der Waals surface area contributed by atoms with Crippen LogP contribution < -0.4 is 40.4 Å². The number of anilines is 6. The average Bonchev–Trinajstić information content (AvgIpc) is 3.60. The first-order valence-electron chi connectivity index (χ1n) is 20.3. The number of nitrogens with one attached hydrogen (secondary N) is 5. The second-order valence-corrected chi connectivity index (χ2v) is 17.4. The van der Waals surface area contributed by atoms with Gasteiger partial charge in [0, 0.05) is 67.4 Å². The molecular weight excluding hydrogens is 838 g/mol. The summed E-state index contributed by atoms with van der Waals surface area (Å²) in [7, 11) is -2.07. The monoisotopic (exact) mass is 883 g/mol. The maximum atomic E-state index is 13.2. The van der Waals surface area contributed by atoms with Gasteiger partial charge in [0.2, 0.25) is 27.8 Å². The van der Waals surface area contributed by atoms with Crippen molar-refractivity contribution in [3.8, 4) is 11.5 Å². The van der Waals surface area contributed by atoms with Crippen LogP contribution in [-0.4, -0.2) is 103 Å². The largest absolute Gasteiger partial charge is 0.494 e. The van der Waals surface area contributed by atoms with Crippen molar-refractivity contribution >= 4 is 84.9 Å². The second kappa shape index (κ2) is 18.0. The zero-order chi connectivity index (χ0) is 43.5. The SMILES string of the molecule is CCc1cc(Nc2ncc(Cl)c(Nc3ccc4nccnc4c3NS(C)(=O)=O)n2)c(OC)cc1N1CCC(NCCOc2cccc3c2CN(C2CCC(=O)NC2=O)C3=O)CC1. The number of aromatic nitrogens is 4. The quantitative estimate of drug-likeness (QED) is 0.0697. The van der Waals surface area contributed by atoms with Gasteiger partial charge in [0.25, 0.3) is 5.91 Å². The number of hydrogen-bond donors (Lipinski definition) is 5. The highest BCUT2D eigenvalue weighted by Crippen LogP contribution is 2.38. The molecule has 2 saturated heterocycles. The molecule has 20 heteroatoms. The van der Waals surface area contributed by atoms with Crippen molar-refractivity contribution in [2.75, 3.05) is 59.9 Å². The van der Waals surface area contributed by atoms with Crippen LogP contribution in [0.25, 0.3) is 11.0 Å². The molecule has 8 rings (SSSR count). The first kappa shape index (κ1) is 42.4. The highest BCUT2D eigenvalue weighted by molar-refractivity contribution is 7.92. The Morgan fingerprint density at radius 1 is 0.968 bits per heavy atom. The van der Waals surface area contributed by atoms with Crippen LogP contribution in [-0.2, 0) is 32.6 Å². The van der Waals surface area contributed by atoms with Crippen molar-refractivity contribution in [2.45, 2.75) is 57.7 Å². The van der Waals surface area contributed by atoms with Gasteiger partial charge in [0.05, 0.1) is 48.7 Å². The summed E-state index contributed by atoms with van der Waals surface area (Å²) in [5.41, 5.74) is 5.56. The van der Waals surface area contributed by atoms with Crippen molar-refractivity contribution < 1.29 is 32.3 Å². The van der Waals surface area contributed by atoms with Gasteiger partial charge in [-0.1, -0.05) is 24.6 Å². The van der Waals surface area contributed by atoms with Gasteiger partial charge in [-0.3, -0.25) is 34.4 Å². The predicted molar refractivity (Wildman–Crippen MR) is 235 cm³/mol. The third-order valence-electron chi connectivity index (χ3n) is 11.1. The standard InChI is InChI=1S/C42H46ClN11O7S/c1-4-24-20-31(49-42-47-22-28(43)39(51-42)48-30-9-8-29-37(46-15-14-45-29)38(30)52-62(3,58)59)35(60-2)21-33(24)53-17-12-25(13-18-53)44-16-19-61-34-7-5-6-26-27(34)23-54(41(26)57)32-10-11-36(55)50-40(32)56/h5-9,14-15,20-22,25,32,44,52H,4,10-13,16-19,23H2,1-3H3,(H,50,55,56)(H2,47,48,49,51). The van der Waals surface area contributed by atoms with Crippen LogP contribution in [0.2, 0.25) is 5.02 Å². The molecule has 3 amide bonds. The zero-order valence-corrected chi connectivity index (χ0v) is 35.9. The number of rotatable bonds is 15. The normalized spacial score (nSPS) is 16.9. The fraction of sp³-hybridized carbons (Fsp3) is 0.357. The van der Waals surface area contributed by atoms with E-state index in [2.05, 4.69) is 57.7 Å². The molecule has 324 valence electrons. The fourth-order valence-electron chi connectivity index (χ4n) is 8.09. The van der Waals surface area contributed by atoms with E-state index in [4.69, 9.17) is 21.1 Å². The Morgan fingerprint density at radius 2 is 1.77 bits per heavy atom. The zero-order valence-electron chi connectivity index (χ0n) is 34.3. The van der Waals surface area contributed by atoms with Crippen molar-refractivity contribution in [1.82, 2.24) is 35.5 Å². The van der Waals surface area contributed by atoms with Gasteiger partial charge in [-0.05, 0) is 61.6 Å². The lowest BCUT2D eigenvalue weighted by molar-refractivity contribution is -0.136. The first-order valence-corrected chi connectivity index (χ1v) is 22.5. The van der Waals surface area contributed by atoms with Crippen LogP contribution in [0, 0.1) is 0 Å². The molecule has 0 saturated carbocycles. The number of imide groups is 1. The van der Waals surface area contributed by atoms with Crippen LogP contribution >= 0.6 is 11.6 Å². The van der Waals surface area contributed by atoms with Crippen molar-refractivity contribution in [1.29, 1.82) is 0 Å². The topological polar surface area (TPSA) is 222 Å². The van der Waals surface area contributed by atoms with Crippen molar-refractivity contribution in [3.05, 3.63) is 82.8 Å². The number of nitrogens with zero attached hydrogens (tertiary/aromatic N) is 6. The number of ether oxygens (including phenoxy) is 2. The molecule has 2 aromatic heterocycles. The second-order valence-electron chi connectivity index (χ2n) is 15.2. The highest BCUT2D eigenvalue weighted by Gasteiger charge is 2.40. The number of amides is 3. The number of carbonyl (C=O) groups is 3. The maximum Gasteiger partial charge on any atom is 0.255 e. The molecule has 1 unspecified atom stereocenters. The minimum absolute atomic E-state index is 0.203. The Hall–Kier alpha value is -6.31. The number of sulfonamides is 1. The van der Waals surface area contributed by atoms with Crippen LogP contribution in [0.15, 0.2) is 61.1 Å². The number of methoxy groups -OCH3 is 1. The Labute approximate surface area is 363 Å². The summed E-state index contributed by atoms with van der Waals surface area (Å²) in [5, 5.41) is 12.6. The average molecular weight is 884 g/mol. The van der Waals surface area contributed by atoms with Gasteiger partial charge in [-0.15, -0.1) is 0 Å². The van der Waals surface area contributed by atoms with E-state index in [0.717, 1.165) is 55.4 Å². The number of benzene rings is 3. The van der Waals surface area contributed by atoms with E-state index >= 15 is 0 Å². The lowest BCUT2D eigenvalue weighted by Crippen LogP contribution is -2.52. The fourth-order valence-corrected chi connectivity index (χ4v) is 8.81. The Bertz CT molecular complexity index is 2660. The van der Waals surface area contributed by atoms with E-state index in [9.17, 15) is 22.8 Å². The third-order valence-corrected chi connectivity index (χ3v) is 12.0. The van der Waals surface area contributed by atoms with Crippen LogP contribution in [0.5, 0.6) is 11.5 Å². The molecule has 1 atom stereocenters. The third kappa shape index (κ3) is 9.14. The van der Waals surface area contributed by atoms with Crippen LogP contribution in [0.1, 0.15) is 54.1 Å². The smallest absolute Gasteiger partial charge is 0.255 e. The van der Waals surface area contributed by atoms with E-state index in [1.807, 2.05) is 18.2 Å². The number of halogens is 1. The van der Waals surface area contributed by atoms with E-state index in [-0.39, 0.29) is 47.3 Å². The van der Waals surface area contributed by atoms with Crippen LogP contribution in [0.3, 0.4) is 0 Å². The van der Waals surface area contributed by atoms with Gasteiger partial charge in [-0.2, -0.15) is 4.98 Å². The molecule has 0 bridgehead atoms. The summed E-state index contributed by atoms with van der Waals surface area (Å²) in [6, 6.07) is 12.4. The minimum atomic E-state index is -3.68. The molecule has 0 spiro atoms. The number of aryl methyl sites for hydroxylation is 1. The molecule has 3 aliphatic rings. The molecule has 0 radical (unpaired) electrons.